The van der Waals surface area contributed by atoms with E-state index in [9.17, 15) is 0 Å². The molecular weight excluding hydrogens is 488 g/mol. The van der Waals surface area contributed by atoms with Crippen molar-refractivity contribution in [3.8, 4) is 39.6 Å². The molecule has 0 amide bonds. The number of fused-ring (bicyclic) bond motifs is 3. The molecule has 0 saturated heterocycles. The van der Waals surface area contributed by atoms with Gasteiger partial charge in [0.1, 0.15) is 0 Å². The van der Waals surface area contributed by atoms with Crippen LogP contribution in [0.15, 0.2) is 127 Å². The number of aromatic nitrogens is 4. The van der Waals surface area contributed by atoms with E-state index in [2.05, 4.69) is 106 Å². The molecule has 0 fully saturated rings. The normalized spacial score (nSPS) is 11.3. The molecule has 2 aromatic heterocycles. The first-order chi connectivity index (χ1) is 18.7. The highest BCUT2D eigenvalue weighted by molar-refractivity contribution is 6.28. The lowest BCUT2D eigenvalue weighted by Crippen LogP contribution is -1.97. The van der Waals surface area contributed by atoms with E-state index in [1.807, 2.05) is 36.4 Å². The molecule has 0 radical (unpaired) electrons. The Hall–Kier alpha value is -4.80. The van der Waals surface area contributed by atoms with Crippen LogP contribution in [-0.2, 0) is 0 Å². The third-order valence-corrected chi connectivity index (χ3v) is 6.95. The van der Waals surface area contributed by atoms with Crippen LogP contribution in [-0.4, -0.2) is 19.5 Å². The van der Waals surface area contributed by atoms with Gasteiger partial charge < -0.3 is 4.57 Å². The van der Waals surface area contributed by atoms with Crippen LogP contribution in [0.2, 0.25) is 5.28 Å². The van der Waals surface area contributed by atoms with E-state index >= 15 is 0 Å². The molecule has 0 aliphatic rings. The van der Waals surface area contributed by atoms with Crippen molar-refractivity contribution >= 4 is 33.4 Å². The summed E-state index contributed by atoms with van der Waals surface area (Å²) in [5.41, 5.74) is 7.40. The zero-order chi connectivity index (χ0) is 25.5. The van der Waals surface area contributed by atoms with Crippen molar-refractivity contribution in [3.63, 3.8) is 0 Å². The maximum Gasteiger partial charge on any atom is 0.226 e. The van der Waals surface area contributed by atoms with E-state index in [4.69, 9.17) is 16.6 Å². The van der Waals surface area contributed by atoms with Crippen molar-refractivity contribution in [2.24, 2.45) is 0 Å². The van der Waals surface area contributed by atoms with Gasteiger partial charge in [-0.2, -0.15) is 9.97 Å². The van der Waals surface area contributed by atoms with Gasteiger partial charge in [-0.1, -0.05) is 84.9 Å². The van der Waals surface area contributed by atoms with Gasteiger partial charge in [0.05, 0.1) is 11.0 Å². The number of benzene rings is 5. The van der Waals surface area contributed by atoms with Crippen LogP contribution < -0.4 is 0 Å². The summed E-state index contributed by atoms with van der Waals surface area (Å²) in [6, 6.07) is 43.6. The van der Waals surface area contributed by atoms with Gasteiger partial charge in [-0.3, -0.25) is 0 Å². The van der Waals surface area contributed by atoms with Gasteiger partial charge in [0, 0.05) is 27.6 Å². The van der Waals surface area contributed by atoms with Crippen LogP contribution in [0.25, 0.3) is 61.4 Å². The fraction of sp³-hybridized carbons (Fsp3) is 0. The Morgan fingerprint density at radius 2 is 1.05 bits per heavy atom. The lowest BCUT2D eigenvalue weighted by atomic mass is 10.0. The minimum absolute atomic E-state index is 0.168. The molecule has 0 aliphatic carbocycles. The number of hydrogen-bond acceptors (Lipinski definition) is 3. The fourth-order valence-corrected chi connectivity index (χ4v) is 5.20. The third-order valence-electron chi connectivity index (χ3n) is 6.78. The molecule has 0 unspecified atom stereocenters. The van der Waals surface area contributed by atoms with E-state index < -0.39 is 0 Å². The zero-order valence-electron chi connectivity index (χ0n) is 20.3. The monoisotopic (exact) mass is 508 g/mol. The van der Waals surface area contributed by atoms with Gasteiger partial charge in [0.25, 0.3) is 0 Å². The van der Waals surface area contributed by atoms with Crippen LogP contribution >= 0.6 is 11.6 Å². The van der Waals surface area contributed by atoms with Crippen LogP contribution in [0.4, 0.5) is 0 Å². The second kappa shape index (κ2) is 9.25. The average Bonchev–Trinajstić information content (AvgIpc) is 3.31. The van der Waals surface area contributed by atoms with Crippen molar-refractivity contribution in [1.82, 2.24) is 19.5 Å². The van der Waals surface area contributed by atoms with Crippen LogP contribution in [0.1, 0.15) is 0 Å². The number of rotatable bonds is 4. The Labute approximate surface area is 224 Å². The summed E-state index contributed by atoms with van der Waals surface area (Å²) in [5, 5.41) is 2.47. The Kier molecular flexibility index (Phi) is 5.46. The number of para-hydroxylation sites is 2. The van der Waals surface area contributed by atoms with Gasteiger partial charge in [-0.25, -0.2) is 4.98 Å². The van der Waals surface area contributed by atoms with Crippen molar-refractivity contribution in [1.29, 1.82) is 0 Å². The van der Waals surface area contributed by atoms with Gasteiger partial charge in [-0.15, -0.1) is 0 Å². The predicted octanol–water partition coefficient (Wildman–Crippen LogP) is 8.62. The Balaban J connectivity index is 1.37. The lowest BCUT2D eigenvalue weighted by Gasteiger charge is -2.09. The SMILES string of the molecule is Clc1nc(-c2cccc(-c3ccccc3)c2)nc(-c2ccc3c(c2)c2ccccc2n3-c2ccccc2)n1. The molecule has 0 N–H and O–H groups in total. The van der Waals surface area contributed by atoms with Crippen molar-refractivity contribution in [2.75, 3.05) is 0 Å². The fourth-order valence-electron chi connectivity index (χ4n) is 5.04. The summed E-state index contributed by atoms with van der Waals surface area (Å²) in [6.45, 7) is 0. The minimum atomic E-state index is 0.168. The molecule has 38 heavy (non-hydrogen) atoms. The topological polar surface area (TPSA) is 43.6 Å². The second-order valence-electron chi connectivity index (χ2n) is 9.12. The number of nitrogens with zero attached hydrogens (tertiary/aromatic N) is 4. The molecule has 0 bridgehead atoms. The maximum atomic E-state index is 6.44. The standard InChI is InChI=1S/C33H21ClN4/c34-33-36-31(24-13-9-12-23(20-24)22-10-3-1-4-11-22)35-32(37-33)25-18-19-30-28(21-25)27-16-7-8-17-29(27)38(30)26-14-5-2-6-15-26/h1-21H. The molecule has 180 valence electrons. The molecule has 2 heterocycles. The maximum absolute atomic E-state index is 6.44. The average molecular weight is 509 g/mol. The van der Waals surface area contributed by atoms with Crippen LogP contribution in [0.5, 0.6) is 0 Å². The Morgan fingerprint density at radius 1 is 0.447 bits per heavy atom. The van der Waals surface area contributed by atoms with Gasteiger partial charge in [-0.05, 0) is 65.2 Å². The van der Waals surface area contributed by atoms with Crippen molar-refractivity contribution in [2.45, 2.75) is 0 Å². The minimum Gasteiger partial charge on any atom is -0.309 e. The van der Waals surface area contributed by atoms with E-state index in [-0.39, 0.29) is 5.28 Å². The zero-order valence-corrected chi connectivity index (χ0v) is 21.0. The highest BCUT2D eigenvalue weighted by Crippen LogP contribution is 2.35. The highest BCUT2D eigenvalue weighted by Gasteiger charge is 2.15. The highest BCUT2D eigenvalue weighted by atomic mass is 35.5. The molecule has 0 spiro atoms. The first kappa shape index (κ1) is 22.4. The van der Waals surface area contributed by atoms with Gasteiger partial charge in [0.2, 0.25) is 5.28 Å². The summed E-state index contributed by atoms with van der Waals surface area (Å²) >= 11 is 6.44. The molecule has 7 aromatic rings. The van der Waals surface area contributed by atoms with E-state index in [0.717, 1.165) is 44.4 Å². The summed E-state index contributed by atoms with van der Waals surface area (Å²) in [4.78, 5) is 13.8. The number of hydrogen-bond donors (Lipinski definition) is 0. The molecule has 7 rings (SSSR count). The smallest absolute Gasteiger partial charge is 0.226 e. The molecular formula is C33H21ClN4. The quantitative estimate of drug-likeness (QED) is 0.239. The van der Waals surface area contributed by atoms with Crippen molar-refractivity contribution in [3.05, 3.63) is 133 Å². The first-order valence-electron chi connectivity index (χ1n) is 12.4. The third kappa shape index (κ3) is 3.92. The lowest BCUT2D eigenvalue weighted by molar-refractivity contribution is 1.07. The van der Waals surface area contributed by atoms with Crippen molar-refractivity contribution < 1.29 is 0 Å². The molecule has 5 heteroatoms. The number of halogens is 1. The van der Waals surface area contributed by atoms with Crippen LogP contribution in [0.3, 0.4) is 0 Å². The molecule has 0 aliphatic heterocycles. The summed E-state index contributed by atoms with van der Waals surface area (Å²) < 4.78 is 2.29. The largest absolute Gasteiger partial charge is 0.309 e. The summed E-state index contributed by atoms with van der Waals surface area (Å²) in [7, 11) is 0. The summed E-state index contributed by atoms with van der Waals surface area (Å²) in [5.74, 6) is 1.09. The molecule has 5 aromatic carbocycles. The van der Waals surface area contributed by atoms with Gasteiger partial charge >= 0.3 is 0 Å². The Morgan fingerprint density at radius 3 is 1.84 bits per heavy atom. The molecule has 0 saturated carbocycles. The predicted molar refractivity (Wildman–Crippen MR) is 155 cm³/mol. The van der Waals surface area contributed by atoms with Gasteiger partial charge in [0.15, 0.2) is 11.6 Å². The van der Waals surface area contributed by atoms with E-state index in [1.165, 1.54) is 5.39 Å². The van der Waals surface area contributed by atoms with E-state index in [0.29, 0.717) is 11.6 Å². The summed E-state index contributed by atoms with van der Waals surface area (Å²) in [6.07, 6.45) is 0. The van der Waals surface area contributed by atoms with Crippen LogP contribution in [0, 0.1) is 0 Å². The Bertz CT molecular complexity index is 1930. The first-order valence-corrected chi connectivity index (χ1v) is 12.8. The molecule has 4 nitrogen and oxygen atoms in total. The molecule has 0 atom stereocenters. The second-order valence-corrected chi connectivity index (χ2v) is 9.46. The van der Waals surface area contributed by atoms with E-state index in [1.54, 1.807) is 0 Å².